The van der Waals surface area contributed by atoms with Crippen molar-refractivity contribution >= 4 is 11.6 Å². The Morgan fingerprint density at radius 2 is 1.95 bits per heavy atom. The van der Waals surface area contributed by atoms with Crippen molar-refractivity contribution in [3.8, 4) is 5.75 Å². The summed E-state index contributed by atoms with van der Waals surface area (Å²) in [5.41, 5.74) is 0.870. The topological polar surface area (TPSA) is 53.6 Å². The molecule has 0 unspecified atom stereocenters. The fourth-order valence-electron chi connectivity index (χ4n) is 3.54. The number of nitrogens with one attached hydrogen (secondary N) is 2. The van der Waals surface area contributed by atoms with Gasteiger partial charge in [-0.15, -0.1) is 0 Å². The average Bonchev–Trinajstić information content (AvgIpc) is 2.91. The zero-order valence-corrected chi connectivity index (χ0v) is 13.2. The lowest BCUT2D eigenvalue weighted by Gasteiger charge is -2.21. The summed E-state index contributed by atoms with van der Waals surface area (Å²) in [7, 11) is 1.64. The van der Waals surface area contributed by atoms with Crippen LogP contribution in [0, 0.1) is 11.8 Å². The van der Waals surface area contributed by atoms with Gasteiger partial charge in [0, 0.05) is 13.1 Å². The van der Waals surface area contributed by atoms with Crippen LogP contribution in [0.3, 0.4) is 0 Å². The van der Waals surface area contributed by atoms with Crippen molar-refractivity contribution in [2.24, 2.45) is 11.8 Å². The number of fused-ring (bicyclic) bond motifs is 1. The third kappa shape index (κ3) is 3.35. The average molecular weight is 303 g/mol. The maximum atomic E-state index is 12.5. The Morgan fingerprint density at radius 3 is 2.64 bits per heavy atom. The van der Waals surface area contributed by atoms with E-state index in [1.54, 1.807) is 7.11 Å². The van der Waals surface area contributed by atoms with E-state index >= 15 is 0 Å². The number of anilines is 1. The van der Waals surface area contributed by atoms with Crippen molar-refractivity contribution in [1.29, 1.82) is 0 Å². The van der Waals surface area contributed by atoms with Gasteiger partial charge in [-0.3, -0.25) is 4.79 Å². The van der Waals surface area contributed by atoms with Gasteiger partial charge in [0.2, 0.25) is 5.91 Å². The lowest BCUT2D eigenvalue weighted by molar-refractivity contribution is -0.129. The number of para-hydroxylation sites is 2. The molecule has 2 saturated heterocycles. The summed E-state index contributed by atoms with van der Waals surface area (Å²) >= 11 is 0. The zero-order chi connectivity index (χ0) is 15.4. The van der Waals surface area contributed by atoms with E-state index in [2.05, 4.69) is 10.6 Å². The largest absolute Gasteiger partial charge is 0.495 e. The Hall–Kier alpha value is -1.75. The van der Waals surface area contributed by atoms with E-state index in [0.717, 1.165) is 62.3 Å². The minimum absolute atomic E-state index is 0.179. The van der Waals surface area contributed by atoms with Gasteiger partial charge in [0.15, 0.2) is 0 Å². The van der Waals surface area contributed by atoms with Crippen LogP contribution in [0.1, 0.15) is 12.8 Å². The highest BCUT2D eigenvalue weighted by atomic mass is 16.5. The SMILES string of the molecule is COc1ccccc1NCC(=O)N1CC[C@@H]2CNC[C@@H]2CC1. The number of hydrogen-bond donors (Lipinski definition) is 2. The summed E-state index contributed by atoms with van der Waals surface area (Å²) in [5, 5.41) is 6.67. The molecule has 0 bridgehead atoms. The number of nitrogens with zero attached hydrogens (tertiary/aromatic N) is 1. The van der Waals surface area contributed by atoms with Crippen LogP contribution < -0.4 is 15.4 Å². The van der Waals surface area contributed by atoms with Crippen LogP contribution in [0.15, 0.2) is 24.3 Å². The normalized spacial score (nSPS) is 24.5. The monoisotopic (exact) mass is 303 g/mol. The molecule has 0 saturated carbocycles. The zero-order valence-electron chi connectivity index (χ0n) is 13.2. The van der Waals surface area contributed by atoms with Crippen LogP contribution >= 0.6 is 0 Å². The highest BCUT2D eigenvalue weighted by Gasteiger charge is 2.31. The Bertz CT molecular complexity index is 506. The van der Waals surface area contributed by atoms with Gasteiger partial charge in [0.1, 0.15) is 5.75 Å². The first-order valence-corrected chi connectivity index (χ1v) is 8.13. The molecule has 1 aromatic carbocycles. The van der Waals surface area contributed by atoms with Crippen molar-refractivity contribution in [2.75, 3.05) is 45.2 Å². The second-order valence-electron chi connectivity index (χ2n) is 6.19. The van der Waals surface area contributed by atoms with Gasteiger partial charge in [-0.1, -0.05) is 12.1 Å². The van der Waals surface area contributed by atoms with E-state index in [1.807, 2.05) is 29.2 Å². The summed E-state index contributed by atoms with van der Waals surface area (Å²) in [6.45, 7) is 4.33. The molecule has 2 aliphatic rings. The fourth-order valence-corrected chi connectivity index (χ4v) is 3.54. The Balaban J connectivity index is 1.53. The molecule has 5 heteroatoms. The van der Waals surface area contributed by atoms with Crippen molar-refractivity contribution < 1.29 is 9.53 Å². The maximum Gasteiger partial charge on any atom is 0.241 e. The molecule has 120 valence electrons. The van der Waals surface area contributed by atoms with Gasteiger partial charge < -0.3 is 20.3 Å². The van der Waals surface area contributed by atoms with E-state index in [9.17, 15) is 4.79 Å². The van der Waals surface area contributed by atoms with Crippen LogP contribution in [0.4, 0.5) is 5.69 Å². The number of likely N-dealkylation sites (tertiary alicyclic amines) is 1. The number of carbonyl (C=O) groups is 1. The quantitative estimate of drug-likeness (QED) is 0.886. The van der Waals surface area contributed by atoms with Crippen LogP contribution in [0.5, 0.6) is 5.75 Å². The first kappa shape index (κ1) is 15.2. The predicted molar refractivity (Wildman–Crippen MR) is 87.1 cm³/mol. The molecule has 2 fully saturated rings. The first-order valence-electron chi connectivity index (χ1n) is 8.13. The van der Waals surface area contributed by atoms with Crippen molar-refractivity contribution in [1.82, 2.24) is 10.2 Å². The van der Waals surface area contributed by atoms with Crippen molar-refractivity contribution in [2.45, 2.75) is 12.8 Å². The van der Waals surface area contributed by atoms with E-state index < -0.39 is 0 Å². The summed E-state index contributed by atoms with van der Waals surface area (Å²) in [6.07, 6.45) is 2.25. The Morgan fingerprint density at radius 1 is 1.27 bits per heavy atom. The number of amides is 1. The van der Waals surface area contributed by atoms with Crippen molar-refractivity contribution in [3.63, 3.8) is 0 Å². The summed E-state index contributed by atoms with van der Waals surface area (Å²) in [6, 6.07) is 7.69. The Kier molecular flexibility index (Phi) is 4.83. The first-order chi connectivity index (χ1) is 10.8. The fraction of sp³-hybridized carbons (Fsp3) is 0.588. The molecule has 2 N–H and O–H groups in total. The standard InChI is InChI=1S/C17H25N3O2/c1-22-16-5-3-2-4-15(16)19-12-17(21)20-8-6-13-10-18-11-14(13)7-9-20/h2-5,13-14,18-19H,6-12H2,1H3/t13-,14+. The maximum absolute atomic E-state index is 12.5. The molecule has 3 rings (SSSR count). The van der Waals surface area contributed by atoms with Gasteiger partial charge >= 0.3 is 0 Å². The molecule has 2 atom stereocenters. The molecule has 1 amide bonds. The summed E-state index contributed by atoms with van der Waals surface area (Å²) in [5.74, 6) is 2.45. The van der Waals surface area contributed by atoms with Gasteiger partial charge in [0.25, 0.3) is 0 Å². The molecular weight excluding hydrogens is 278 g/mol. The molecule has 0 spiro atoms. The molecule has 22 heavy (non-hydrogen) atoms. The van der Waals surface area contributed by atoms with E-state index in [0.29, 0.717) is 6.54 Å². The minimum Gasteiger partial charge on any atom is -0.495 e. The number of benzene rings is 1. The predicted octanol–water partition coefficient (Wildman–Crippen LogP) is 1.57. The second-order valence-corrected chi connectivity index (χ2v) is 6.19. The number of rotatable bonds is 4. The second kappa shape index (κ2) is 7.01. The highest BCUT2D eigenvalue weighted by Crippen LogP contribution is 2.27. The van der Waals surface area contributed by atoms with Crippen molar-refractivity contribution in [3.05, 3.63) is 24.3 Å². The molecule has 2 heterocycles. The van der Waals surface area contributed by atoms with Crippen LogP contribution in [-0.4, -0.2) is 50.6 Å². The van der Waals surface area contributed by atoms with Crippen LogP contribution in [0.25, 0.3) is 0 Å². The number of carbonyl (C=O) groups excluding carboxylic acids is 1. The smallest absolute Gasteiger partial charge is 0.241 e. The molecule has 1 aromatic rings. The van der Waals surface area contributed by atoms with E-state index in [1.165, 1.54) is 0 Å². The number of methoxy groups -OCH3 is 1. The van der Waals surface area contributed by atoms with E-state index in [4.69, 9.17) is 4.74 Å². The lowest BCUT2D eigenvalue weighted by Crippen LogP contribution is -2.36. The molecule has 0 aromatic heterocycles. The lowest BCUT2D eigenvalue weighted by atomic mass is 9.92. The van der Waals surface area contributed by atoms with Gasteiger partial charge in [-0.25, -0.2) is 0 Å². The molecule has 0 aliphatic carbocycles. The summed E-state index contributed by atoms with van der Waals surface area (Å²) < 4.78 is 5.30. The third-order valence-electron chi connectivity index (χ3n) is 4.91. The highest BCUT2D eigenvalue weighted by molar-refractivity contribution is 5.81. The molecule has 2 aliphatic heterocycles. The number of ether oxygens (including phenoxy) is 1. The molecule has 5 nitrogen and oxygen atoms in total. The third-order valence-corrected chi connectivity index (χ3v) is 4.91. The molecular formula is C17H25N3O2. The van der Waals surface area contributed by atoms with Gasteiger partial charge in [0.05, 0.1) is 19.3 Å². The summed E-state index contributed by atoms with van der Waals surface area (Å²) in [4.78, 5) is 14.5. The van der Waals surface area contributed by atoms with Gasteiger partial charge in [-0.2, -0.15) is 0 Å². The van der Waals surface area contributed by atoms with Crippen LogP contribution in [0.2, 0.25) is 0 Å². The van der Waals surface area contributed by atoms with E-state index in [-0.39, 0.29) is 5.91 Å². The number of hydrogen-bond acceptors (Lipinski definition) is 4. The molecule has 0 radical (unpaired) electrons. The minimum atomic E-state index is 0.179. The van der Waals surface area contributed by atoms with Gasteiger partial charge in [-0.05, 0) is 49.9 Å². The Labute approximate surface area is 132 Å². The van der Waals surface area contributed by atoms with Crippen LogP contribution in [-0.2, 0) is 4.79 Å².